The smallest absolute Gasteiger partial charge is 0.142 e. The van der Waals surface area contributed by atoms with Crippen molar-refractivity contribution in [3.8, 4) is 0 Å². The van der Waals surface area contributed by atoms with Crippen LogP contribution in [-0.4, -0.2) is 23.0 Å². The molecule has 0 amide bonds. The number of thiazole rings is 1. The number of aromatic nitrogens is 1. The van der Waals surface area contributed by atoms with Gasteiger partial charge >= 0.3 is 0 Å². The summed E-state index contributed by atoms with van der Waals surface area (Å²) in [6, 6.07) is 0. The predicted molar refractivity (Wildman–Crippen MR) is 70.8 cm³/mol. The first kappa shape index (κ1) is 12.3. The molecule has 1 aromatic rings. The minimum atomic E-state index is 0.0660. The molecule has 1 aliphatic carbocycles. The van der Waals surface area contributed by atoms with Crippen molar-refractivity contribution < 1.29 is 9.53 Å². The molecular formula is C14H19NO2S. The van der Waals surface area contributed by atoms with Crippen LogP contribution in [0, 0.1) is 12.8 Å². The number of ether oxygens (including phenoxy) is 1. The van der Waals surface area contributed by atoms with Gasteiger partial charge in [-0.3, -0.25) is 4.79 Å². The van der Waals surface area contributed by atoms with Crippen molar-refractivity contribution in [3.63, 3.8) is 0 Å². The minimum absolute atomic E-state index is 0.0660. The lowest BCUT2D eigenvalue weighted by Crippen LogP contribution is -2.47. The molecule has 2 fully saturated rings. The van der Waals surface area contributed by atoms with Gasteiger partial charge in [-0.25, -0.2) is 4.98 Å². The summed E-state index contributed by atoms with van der Waals surface area (Å²) < 4.78 is 5.87. The first-order chi connectivity index (χ1) is 8.67. The normalized spacial score (nSPS) is 25.9. The van der Waals surface area contributed by atoms with E-state index in [4.69, 9.17) is 4.74 Å². The summed E-state index contributed by atoms with van der Waals surface area (Å²) in [6.45, 7) is 2.74. The molecule has 0 radical (unpaired) electrons. The average Bonchev–Trinajstić information content (AvgIpc) is 2.73. The molecule has 2 aliphatic rings. The fourth-order valence-corrected chi connectivity index (χ4v) is 3.65. The zero-order chi connectivity index (χ0) is 12.6. The molecule has 0 bridgehead atoms. The Morgan fingerprint density at radius 2 is 2.44 bits per heavy atom. The topological polar surface area (TPSA) is 39.2 Å². The maximum absolute atomic E-state index is 12.3. The quantitative estimate of drug-likeness (QED) is 0.843. The number of ketones is 1. The van der Waals surface area contributed by atoms with E-state index in [2.05, 4.69) is 4.98 Å². The summed E-state index contributed by atoms with van der Waals surface area (Å²) in [4.78, 5) is 16.7. The molecule has 1 aromatic heterocycles. The van der Waals surface area contributed by atoms with Gasteiger partial charge in [0.2, 0.25) is 0 Å². The average molecular weight is 265 g/mol. The van der Waals surface area contributed by atoms with Crippen LogP contribution < -0.4 is 0 Å². The highest BCUT2D eigenvalue weighted by atomic mass is 32.1. The highest BCUT2D eigenvalue weighted by Crippen LogP contribution is 2.44. The molecule has 1 saturated carbocycles. The highest BCUT2D eigenvalue weighted by Gasteiger charge is 2.44. The van der Waals surface area contributed by atoms with Crippen LogP contribution in [-0.2, 0) is 16.0 Å². The Bertz CT molecular complexity index is 450. The molecule has 2 heterocycles. The van der Waals surface area contributed by atoms with E-state index < -0.39 is 0 Å². The van der Waals surface area contributed by atoms with E-state index in [-0.39, 0.29) is 11.5 Å². The molecule has 3 nitrogen and oxygen atoms in total. The molecule has 1 unspecified atom stereocenters. The van der Waals surface area contributed by atoms with Crippen LogP contribution in [0.2, 0.25) is 0 Å². The number of hydrogen-bond acceptors (Lipinski definition) is 4. The summed E-state index contributed by atoms with van der Waals surface area (Å²) in [7, 11) is 0. The lowest BCUT2D eigenvalue weighted by molar-refractivity contribution is -0.155. The van der Waals surface area contributed by atoms with Crippen molar-refractivity contribution in [2.45, 2.75) is 51.0 Å². The first-order valence-corrected chi connectivity index (χ1v) is 7.63. The molecule has 18 heavy (non-hydrogen) atoms. The molecule has 0 aromatic carbocycles. The third-order valence-corrected chi connectivity index (χ3v) is 5.06. The molecule has 1 aliphatic heterocycles. The van der Waals surface area contributed by atoms with E-state index in [1.165, 1.54) is 6.42 Å². The summed E-state index contributed by atoms with van der Waals surface area (Å²) in [5.41, 5.74) is 1.01. The third kappa shape index (κ3) is 2.36. The van der Waals surface area contributed by atoms with Crippen LogP contribution >= 0.6 is 11.3 Å². The van der Waals surface area contributed by atoms with Crippen LogP contribution in [0.15, 0.2) is 5.38 Å². The lowest BCUT2D eigenvalue weighted by atomic mass is 9.71. The van der Waals surface area contributed by atoms with Crippen LogP contribution in [0.1, 0.15) is 42.8 Å². The van der Waals surface area contributed by atoms with Gasteiger partial charge in [-0.05, 0) is 39.0 Å². The molecule has 98 valence electrons. The van der Waals surface area contributed by atoms with Gasteiger partial charge in [-0.1, -0.05) is 0 Å². The Balaban J connectivity index is 1.61. The number of carbonyl (C=O) groups is 1. The fourth-order valence-electron chi connectivity index (χ4n) is 3.03. The largest absolute Gasteiger partial charge is 0.375 e. The van der Waals surface area contributed by atoms with Crippen molar-refractivity contribution >= 4 is 17.1 Å². The van der Waals surface area contributed by atoms with Gasteiger partial charge in [0.25, 0.3) is 0 Å². The van der Waals surface area contributed by atoms with E-state index in [1.54, 1.807) is 11.3 Å². The fraction of sp³-hybridized carbons (Fsp3) is 0.714. The van der Waals surface area contributed by atoms with Gasteiger partial charge in [0.15, 0.2) is 0 Å². The van der Waals surface area contributed by atoms with E-state index in [9.17, 15) is 4.79 Å². The van der Waals surface area contributed by atoms with Crippen LogP contribution in [0.25, 0.3) is 0 Å². The summed E-state index contributed by atoms with van der Waals surface area (Å²) in [5.74, 6) is 0.552. The van der Waals surface area contributed by atoms with Gasteiger partial charge in [0.05, 0.1) is 16.3 Å². The van der Waals surface area contributed by atoms with Crippen molar-refractivity contribution in [1.82, 2.24) is 4.98 Å². The maximum atomic E-state index is 12.3. The molecule has 3 rings (SSSR count). The number of aryl methyl sites for hydroxylation is 1. The van der Waals surface area contributed by atoms with Gasteiger partial charge in [-0.15, -0.1) is 11.3 Å². The molecule has 0 N–H and O–H groups in total. The van der Waals surface area contributed by atoms with Gasteiger partial charge < -0.3 is 4.74 Å². The zero-order valence-corrected chi connectivity index (χ0v) is 11.6. The third-order valence-electron chi connectivity index (χ3n) is 4.24. The van der Waals surface area contributed by atoms with Crippen molar-refractivity contribution in [3.05, 3.63) is 16.1 Å². The molecule has 4 heteroatoms. The number of hydrogen-bond donors (Lipinski definition) is 0. The minimum Gasteiger partial charge on any atom is -0.375 e. The second kappa shape index (κ2) is 4.74. The van der Waals surface area contributed by atoms with Gasteiger partial charge in [0, 0.05) is 24.3 Å². The van der Waals surface area contributed by atoms with Crippen molar-refractivity contribution in [2.75, 3.05) is 6.61 Å². The van der Waals surface area contributed by atoms with E-state index in [0.29, 0.717) is 12.2 Å². The Kier molecular flexibility index (Phi) is 3.24. The van der Waals surface area contributed by atoms with Crippen LogP contribution in [0.5, 0.6) is 0 Å². The molecule has 1 atom stereocenters. The summed E-state index contributed by atoms with van der Waals surface area (Å²) in [6.07, 6.45) is 5.88. The maximum Gasteiger partial charge on any atom is 0.142 e. The molecule has 1 spiro atoms. The second-order valence-corrected chi connectivity index (χ2v) is 6.64. The number of carbonyl (C=O) groups excluding carboxylic acids is 1. The molecular weight excluding hydrogens is 246 g/mol. The number of Topliss-reactive ketones (excluding diaryl/α,β-unsaturated/α-hetero) is 1. The van der Waals surface area contributed by atoms with Crippen molar-refractivity contribution in [2.24, 2.45) is 5.92 Å². The lowest BCUT2D eigenvalue weighted by Gasteiger charge is -2.46. The standard InChI is InChI=1S/C14H19NO2S/c1-10-15-12(9-18-10)7-13(16)11-3-6-17-14(8-11)4-2-5-14/h9,11H,2-8H2,1H3. The van der Waals surface area contributed by atoms with Gasteiger partial charge in [0.1, 0.15) is 5.78 Å². The second-order valence-electron chi connectivity index (χ2n) is 5.58. The zero-order valence-electron chi connectivity index (χ0n) is 10.8. The SMILES string of the molecule is Cc1nc(CC(=O)C2CCOC3(CCC3)C2)cs1. The van der Waals surface area contributed by atoms with Crippen molar-refractivity contribution in [1.29, 1.82) is 0 Å². The Hall–Kier alpha value is -0.740. The van der Waals surface area contributed by atoms with Crippen LogP contribution in [0.3, 0.4) is 0 Å². The Morgan fingerprint density at radius 1 is 1.61 bits per heavy atom. The monoisotopic (exact) mass is 265 g/mol. The van der Waals surface area contributed by atoms with E-state index in [0.717, 1.165) is 43.0 Å². The van der Waals surface area contributed by atoms with E-state index >= 15 is 0 Å². The summed E-state index contributed by atoms with van der Waals surface area (Å²) >= 11 is 1.62. The first-order valence-electron chi connectivity index (χ1n) is 6.75. The predicted octanol–water partition coefficient (Wildman–Crippen LogP) is 2.91. The Morgan fingerprint density at radius 3 is 3.06 bits per heavy atom. The summed E-state index contributed by atoms with van der Waals surface area (Å²) in [5, 5.41) is 3.05. The molecule has 1 saturated heterocycles. The van der Waals surface area contributed by atoms with E-state index in [1.807, 2.05) is 12.3 Å². The number of rotatable bonds is 3. The highest BCUT2D eigenvalue weighted by molar-refractivity contribution is 7.09. The van der Waals surface area contributed by atoms with Gasteiger partial charge in [-0.2, -0.15) is 0 Å². The Labute approximate surface area is 112 Å². The number of nitrogens with zero attached hydrogens (tertiary/aromatic N) is 1. The van der Waals surface area contributed by atoms with Crippen LogP contribution in [0.4, 0.5) is 0 Å².